The van der Waals surface area contributed by atoms with Crippen LogP contribution in [0.15, 0.2) is 28.8 Å². The van der Waals surface area contributed by atoms with Crippen LogP contribution in [0.3, 0.4) is 0 Å². The maximum atomic E-state index is 9.20. The van der Waals surface area contributed by atoms with Crippen LogP contribution in [0.4, 0.5) is 0 Å². The highest BCUT2D eigenvalue weighted by Gasteiger charge is 2.10. The van der Waals surface area contributed by atoms with Crippen molar-refractivity contribution in [2.24, 2.45) is 0 Å². The van der Waals surface area contributed by atoms with Crippen LogP contribution in [0, 0.1) is 0 Å². The van der Waals surface area contributed by atoms with Crippen LogP contribution in [-0.4, -0.2) is 38.8 Å². The molecule has 2 N–H and O–H groups in total. The molecule has 0 aliphatic rings. The Labute approximate surface area is 119 Å². The third-order valence-electron chi connectivity index (χ3n) is 2.30. The first kappa shape index (κ1) is 14.3. The average molecular weight is 301 g/mol. The second-order valence-electron chi connectivity index (χ2n) is 3.87. The molecule has 2 rings (SSSR count). The number of halogens is 1. The summed E-state index contributed by atoms with van der Waals surface area (Å²) in [4.78, 5) is 4.24. The first-order valence-corrected chi connectivity index (χ1v) is 7.17. The Bertz CT molecular complexity index is 535. The standard InChI is InChI=1S/C12H13ClN2O3S/c13-9-3-1-2-8(4-9)12-14-11(18-15-12)7-19-6-10(17)5-16/h1-4,10,16-17H,5-7H2. The summed E-state index contributed by atoms with van der Waals surface area (Å²) in [6.07, 6.45) is -0.722. The summed E-state index contributed by atoms with van der Waals surface area (Å²) in [5.41, 5.74) is 0.794. The Morgan fingerprint density at radius 3 is 3.00 bits per heavy atom. The van der Waals surface area contributed by atoms with Crippen molar-refractivity contribution < 1.29 is 14.7 Å². The Kier molecular flexibility index (Phi) is 5.21. The van der Waals surface area contributed by atoms with Crippen LogP contribution >= 0.6 is 23.4 Å². The van der Waals surface area contributed by atoms with Crippen molar-refractivity contribution in [1.29, 1.82) is 0 Å². The normalized spacial score (nSPS) is 12.6. The third-order valence-corrected chi connectivity index (χ3v) is 3.60. The molecule has 0 bridgehead atoms. The predicted molar refractivity (Wildman–Crippen MR) is 74.0 cm³/mol. The van der Waals surface area contributed by atoms with E-state index in [1.807, 2.05) is 12.1 Å². The number of nitrogens with zero attached hydrogens (tertiary/aromatic N) is 2. The van der Waals surface area contributed by atoms with Gasteiger partial charge in [0.05, 0.1) is 18.5 Å². The summed E-state index contributed by atoms with van der Waals surface area (Å²) in [6, 6.07) is 7.21. The number of aliphatic hydroxyl groups is 2. The monoisotopic (exact) mass is 300 g/mol. The minimum Gasteiger partial charge on any atom is -0.394 e. The molecule has 2 aromatic rings. The zero-order valence-electron chi connectivity index (χ0n) is 9.99. The lowest BCUT2D eigenvalue weighted by atomic mass is 10.2. The van der Waals surface area contributed by atoms with Crippen LogP contribution in [0.1, 0.15) is 5.89 Å². The Balaban J connectivity index is 1.95. The molecule has 1 aromatic heterocycles. The molecular weight excluding hydrogens is 288 g/mol. The van der Waals surface area contributed by atoms with Gasteiger partial charge in [-0.25, -0.2) is 0 Å². The fraction of sp³-hybridized carbons (Fsp3) is 0.333. The summed E-state index contributed by atoms with van der Waals surface area (Å²) in [5.74, 6) is 1.88. The number of aliphatic hydroxyl groups excluding tert-OH is 2. The van der Waals surface area contributed by atoms with Gasteiger partial charge in [0.1, 0.15) is 0 Å². The minimum absolute atomic E-state index is 0.245. The summed E-state index contributed by atoms with van der Waals surface area (Å²) in [6.45, 7) is -0.245. The summed E-state index contributed by atoms with van der Waals surface area (Å²) in [5, 5.41) is 22.4. The molecule has 5 nitrogen and oxygen atoms in total. The second kappa shape index (κ2) is 6.91. The maximum Gasteiger partial charge on any atom is 0.236 e. The number of aromatic nitrogens is 2. The van der Waals surface area contributed by atoms with Gasteiger partial charge in [-0.05, 0) is 12.1 Å². The molecule has 1 unspecified atom stereocenters. The number of hydrogen-bond donors (Lipinski definition) is 2. The van der Waals surface area contributed by atoms with Crippen molar-refractivity contribution >= 4 is 23.4 Å². The second-order valence-corrected chi connectivity index (χ2v) is 5.34. The maximum absolute atomic E-state index is 9.20. The van der Waals surface area contributed by atoms with Crippen molar-refractivity contribution in [3.63, 3.8) is 0 Å². The van der Waals surface area contributed by atoms with E-state index in [1.165, 1.54) is 11.8 Å². The molecule has 0 aliphatic carbocycles. The summed E-state index contributed by atoms with van der Waals surface area (Å²) in [7, 11) is 0. The van der Waals surface area contributed by atoms with Crippen molar-refractivity contribution in [2.75, 3.05) is 12.4 Å². The van der Waals surface area contributed by atoms with E-state index < -0.39 is 6.10 Å². The fourth-order valence-corrected chi connectivity index (χ4v) is 2.37. The van der Waals surface area contributed by atoms with Crippen LogP contribution in [0.2, 0.25) is 5.02 Å². The number of rotatable bonds is 6. The molecule has 1 aromatic carbocycles. The molecule has 0 fully saturated rings. The molecule has 1 heterocycles. The first-order valence-electron chi connectivity index (χ1n) is 5.64. The molecule has 0 amide bonds. The van der Waals surface area contributed by atoms with Crippen molar-refractivity contribution in [3.05, 3.63) is 35.2 Å². The number of thioether (sulfide) groups is 1. The van der Waals surface area contributed by atoms with E-state index in [-0.39, 0.29) is 6.61 Å². The average Bonchev–Trinajstić information content (AvgIpc) is 2.87. The van der Waals surface area contributed by atoms with E-state index in [2.05, 4.69) is 10.1 Å². The zero-order chi connectivity index (χ0) is 13.7. The van der Waals surface area contributed by atoms with E-state index >= 15 is 0 Å². The summed E-state index contributed by atoms with van der Waals surface area (Å²) >= 11 is 7.31. The first-order chi connectivity index (χ1) is 9.19. The molecule has 0 aliphatic heterocycles. The van der Waals surface area contributed by atoms with Gasteiger partial charge in [0.2, 0.25) is 11.7 Å². The van der Waals surface area contributed by atoms with Crippen molar-refractivity contribution in [2.45, 2.75) is 11.9 Å². The quantitative estimate of drug-likeness (QED) is 0.849. The lowest BCUT2D eigenvalue weighted by Crippen LogP contribution is -2.14. The molecule has 0 saturated heterocycles. The van der Waals surface area contributed by atoms with Gasteiger partial charge < -0.3 is 14.7 Å². The molecule has 0 spiro atoms. The molecule has 7 heteroatoms. The smallest absolute Gasteiger partial charge is 0.236 e. The van der Waals surface area contributed by atoms with Crippen molar-refractivity contribution in [1.82, 2.24) is 10.1 Å². The van der Waals surface area contributed by atoms with Gasteiger partial charge in [-0.2, -0.15) is 4.98 Å². The van der Waals surface area contributed by atoms with E-state index in [9.17, 15) is 5.11 Å². The van der Waals surface area contributed by atoms with Gasteiger partial charge >= 0.3 is 0 Å². The zero-order valence-corrected chi connectivity index (χ0v) is 11.6. The third kappa shape index (κ3) is 4.21. The largest absolute Gasteiger partial charge is 0.394 e. The molecule has 1 atom stereocenters. The SMILES string of the molecule is OCC(O)CSCc1nc(-c2cccc(Cl)c2)no1. The topological polar surface area (TPSA) is 79.4 Å². The Hall–Kier alpha value is -1.08. The number of hydrogen-bond acceptors (Lipinski definition) is 6. The highest BCUT2D eigenvalue weighted by Crippen LogP contribution is 2.21. The molecule has 0 saturated carbocycles. The van der Waals surface area contributed by atoms with Gasteiger partial charge in [-0.1, -0.05) is 28.9 Å². The lowest BCUT2D eigenvalue weighted by molar-refractivity contribution is 0.113. The van der Waals surface area contributed by atoms with Crippen LogP contribution in [-0.2, 0) is 5.75 Å². The van der Waals surface area contributed by atoms with E-state index in [4.69, 9.17) is 21.2 Å². The fourth-order valence-electron chi connectivity index (χ4n) is 1.39. The van der Waals surface area contributed by atoms with Crippen LogP contribution in [0.5, 0.6) is 0 Å². The molecule has 102 valence electrons. The van der Waals surface area contributed by atoms with Gasteiger partial charge in [0.25, 0.3) is 0 Å². The van der Waals surface area contributed by atoms with Gasteiger partial charge in [-0.15, -0.1) is 11.8 Å². The number of benzene rings is 1. The Morgan fingerprint density at radius 1 is 1.42 bits per heavy atom. The van der Waals surface area contributed by atoms with Gasteiger partial charge in [0, 0.05) is 16.3 Å². The minimum atomic E-state index is -0.722. The van der Waals surface area contributed by atoms with Crippen LogP contribution in [0.25, 0.3) is 11.4 Å². The highest BCUT2D eigenvalue weighted by atomic mass is 35.5. The molecular formula is C12H13ClN2O3S. The van der Waals surface area contributed by atoms with Crippen molar-refractivity contribution in [3.8, 4) is 11.4 Å². The highest BCUT2D eigenvalue weighted by molar-refractivity contribution is 7.98. The van der Waals surface area contributed by atoms with Gasteiger partial charge in [-0.3, -0.25) is 0 Å². The van der Waals surface area contributed by atoms with E-state index in [0.29, 0.717) is 28.2 Å². The summed E-state index contributed by atoms with van der Waals surface area (Å²) < 4.78 is 5.11. The predicted octanol–water partition coefficient (Wildman–Crippen LogP) is 1.98. The lowest BCUT2D eigenvalue weighted by Gasteiger charge is -2.03. The van der Waals surface area contributed by atoms with Gasteiger partial charge in [0.15, 0.2) is 0 Å². The molecule has 0 radical (unpaired) electrons. The van der Waals surface area contributed by atoms with E-state index in [0.717, 1.165) is 5.56 Å². The molecule has 19 heavy (non-hydrogen) atoms. The van der Waals surface area contributed by atoms with Crippen LogP contribution < -0.4 is 0 Å². The van der Waals surface area contributed by atoms with E-state index in [1.54, 1.807) is 12.1 Å². The Morgan fingerprint density at radius 2 is 2.26 bits per heavy atom.